The monoisotopic (exact) mass is 344 g/mol. The first kappa shape index (κ1) is 16.6. The standard InChI is InChI=1S/C15H12ClF3N2S/c16-13-4-2-1-3-10(13)9-20-14(22)21-12-7-5-11(6-8-12)15(17,18)19/h1-8H,9H2,(H2,20,21,22). The molecule has 2 aromatic carbocycles. The number of benzene rings is 2. The predicted molar refractivity (Wildman–Crippen MR) is 86.0 cm³/mol. The maximum atomic E-state index is 12.5. The van der Waals surface area contributed by atoms with Crippen LogP contribution in [-0.2, 0) is 12.7 Å². The predicted octanol–water partition coefficient (Wildman–Crippen LogP) is 4.85. The largest absolute Gasteiger partial charge is 0.416 e. The summed E-state index contributed by atoms with van der Waals surface area (Å²) in [5.41, 5.74) is 0.651. The lowest BCUT2D eigenvalue weighted by Gasteiger charge is -2.12. The van der Waals surface area contributed by atoms with Gasteiger partial charge >= 0.3 is 6.18 Å². The van der Waals surface area contributed by atoms with Crippen LogP contribution in [-0.4, -0.2) is 5.11 Å². The topological polar surface area (TPSA) is 24.1 Å². The van der Waals surface area contributed by atoms with Crippen LogP contribution in [0.2, 0.25) is 5.02 Å². The van der Waals surface area contributed by atoms with Crippen molar-refractivity contribution in [3.05, 3.63) is 64.7 Å². The van der Waals surface area contributed by atoms with Gasteiger partial charge in [-0.25, -0.2) is 0 Å². The fourth-order valence-electron chi connectivity index (χ4n) is 1.74. The molecule has 0 unspecified atom stereocenters. The van der Waals surface area contributed by atoms with Crippen LogP contribution in [0.1, 0.15) is 11.1 Å². The van der Waals surface area contributed by atoms with Gasteiger partial charge in [0.25, 0.3) is 0 Å². The Hall–Kier alpha value is -1.79. The van der Waals surface area contributed by atoms with Gasteiger partial charge in [-0.05, 0) is 48.1 Å². The van der Waals surface area contributed by atoms with Crippen LogP contribution in [0.15, 0.2) is 48.5 Å². The third kappa shape index (κ3) is 4.61. The lowest BCUT2D eigenvalue weighted by molar-refractivity contribution is -0.137. The minimum atomic E-state index is -4.35. The number of rotatable bonds is 3. The molecule has 0 fully saturated rings. The molecule has 0 atom stereocenters. The molecule has 0 bridgehead atoms. The fourth-order valence-corrected chi connectivity index (χ4v) is 2.13. The second-order valence-electron chi connectivity index (χ2n) is 4.47. The summed E-state index contributed by atoms with van der Waals surface area (Å²) in [4.78, 5) is 0. The molecule has 22 heavy (non-hydrogen) atoms. The summed E-state index contributed by atoms with van der Waals surface area (Å²) in [5, 5.41) is 6.69. The molecule has 2 rings (SSSR count). The normalized spacial score (nSPS) is 11.1. The third-order valence-electron chi connectivity index (χ3n) is 2.87. The SMILES string of the molecule is FC(F)(F)c1ccc(NC(=S)NCc2ccccc2Cl)cc1. The van der Waals surface area contributed by atoms with E-state index in [1.54, 1.807) is 6.07 Å². The van der Waals surface area contributed by atoms with Crippen molar-refractivity contribution in [3.63, 3.8) is 0 Å². The van der Waals surface area contributed by atoms with Gasteiger partial charge in [-0.15, -0.1) is 0 Å². The molecule has 0 aliphatic rings. The van der Waals surface area contributed by atoms with Crippen LogP contribution < -0.4 is 10.6 Å². The van der Waals surface area contributed by atoms with Crippen molar-refractivity contribution in [1.82, 2.24) is 5.32 Å². The van der Waals surface area contributed by atoms with Gasteiger partial charge in [0.2, 0.25) is 0 Å². The summed E-state index contributed by atoms with van der Waals surface area (Å²) >= 11 is 11.1. The van der Waals surface area contributed by atoms with Crippen LogP contribution in [0.4, 0.5) is 18.9 Å². The molecular formula is C15H12ClF3N2S. The second kappa shape index (κ2) is 6.98. The molecule has 7 heteroatoms. The number of nitrogens with one attached hydrogen (secondary N) is 2. The Labute approximate surface area is 136 Å². The number of alkyl halides is 3. The van der Waals surface area contributed by atoms with Crippen LogP contribution in [0, 0.1) is 0 Å². The summed E-state index contributed by atoms with van der Waals surface area (Å²) in [6.45, 7) is 0.423. The van der Waals surface area contributed by atoms with E-state index < -0.39 is 11.7 Å². The average molecular weight is 345 g/mol. The van der Waals surface area contributed by atoms with E-state index in [9.17, 15) is 13.2 Å². The van der Waals surface area contributed by atoms with Crippen LogP contribution in [0.3, 0.4) is 0 Å². The fraction of sp³-hybridized carbons (Fsp3) is 0.133. The Morgan fingerprint density at radius 2 is 1.68 bits per heavy atom. The first-order chi connectivity index (χ1) is 10.4. The first-order valence-electron chi connectivity index (χ1n) is 6.32. The smallest absolute Gasteiger partial charge is 0.358 e. The Morgan fingerprint density at radius 1 is 1.05 bits per heavy atom. The van der Waals surface area contributed by atoms with Gasteiger partial charge in [0.15, 0.2) is 5.11 Å². The van der Waals surface area contributed by atoms with E-state index in [2.05, 4.69) is 10.6 Å². The molecular weight excluding hydrogens is 333 g/mol. The number of halogens is 4. The van der Waals surface area contributed by atoms with Crippen molar-refractivity contribution in [3.8, 4) is 0 Å². The molecule has 0 saturated carbocycles. The van der Waals surface area contributed by atoms with Gasteiger partial charge in [0.1, 0.15) is 0 Å². The van der Waals surface area contributed by atoms with E-state index >= 15 is 0 Å². The molecule has 0 radical (unpaired) electrons. The van der Waals surface area contributed by atoms with Gasteiger partial charge in [0, 0.05) is 17.3 Å². The van der Waals surface area contributed by atoms with Crippen molar-refractivity contribution >= 4 is 34.6 Å². The number of hydrogen-bond donors (Lipinski definition) is 2. The zero-order chi connectivity index (χ0) is 16.2. The highest BCUT2D eigenvalue weighted by Gasteiger charge is 2.29. The molecule has 0 aromatic heterocycles. The van der Waals surface area contributed by atoms with Crippen LogP contribution in [0.25, 0.3) is 0 Å². The van der Waals surface area contributed by atoms with Crippen molar-refractivity contribution in [2.75, 3.05) is 5.32 Å². The van der Waals surface area contributed by atoms with Gasteiger partial charge in [0.05, 0.1) is 5.56 Å². The molecule has 116 valence electrons. The van der Waals surface area contributed by atoms with Crippen molar-refractivity contribution in [2.24, 2.45) is 0 Å². The third-order valence-corrected chi connectivity index (χ3v) is 3.48. The molecule has 0 heterocycles. The molecule has 2 nitrogen and oxygen atoms in total. The van der Waals surface area contributed by atoms with Crippen LogP contribution in [0.5, 0.6) is 0 Å². The van der Waals surface area contributed by atoms with E-state index in [0.717, 1.165) is 17.7 Å². The summed E-state index contributed by atoms with van der Waals surface area (Å²) < 4.78 is 37.4. The highest BCUT2D eigenvalue weighted by Crippen LogP contribution is 2.29. The highest BCUT2D eigenvalue weighted by atomic mass is 35.5. The first-order valence-corrected chi connectivity index (χ1v) is 7.10. The maximum absolute atomic E-state index is 12.5. The van der Waals surface area contributed by atoms with E-state index in [1.165, 1.54) is 12.1 Å². The van der Waals surface area contributed by atoms with Gasteiger partial charge in [-0.1, -0.05) is 29.8 Å². The number of hydrogen-bond acceptors (Lipinski definition) is 1. The lowest BCUT2D eigenvalue weighted by atomic mass is 10.2. The number of anilines is 1. The van der Waals surface area contributed by atoms with Gasteiger partial charge < -0.3 is 10.6 Å². The van der Waals surface area contributed by atoms with Gasteiger partial charge in [-0.2, -0.15) is 13.2 Å². The Morgan fingerprint density at radius 3 is 2.27 bits per heavy atom. The van der Waals surface area contributed by atoms with Crippen molar-refractivity contribution in [2.45, 2.75) is 12.7 Å². The van der Waals surface area contributed by atoms with E-state index in [4.69, 9.17) is 23.8 Å². The minimum Gasteiger partial charge on any atom is -0.358 e. The van der Waals surface area contributed by atoms with E-state index in [-0.39, 0.29) is 0 Å². The maximum Gasteiger partial charge on any atom is 0.416 e. The summed E-state index contributed by atoms with van der Waals surface area (Å²) in [6, 6.07) is 12.0. The summed E-state index contributed by atoms with van der Waals surface area (Å²) in [6.07, 6.45) is -4.35. The highest BCUT2D eigenvalue weighted by molar-refractivity contribution is 7.80. The number of thiocarbonyl (C=S) groups is 1. The molecule has 0 aliphatic carbocycles. The Bertz CT molecular complexity index is 657. The Kier molecular flexibility index (Phi) is 5.26. The molecule has 2 aromatic rings. The molecule has 2 N–H and O–H groups in total. The lowest BCUT2D eigenvalue weighted by Crippen LogP contribution is -2.28. The molecule has 0 saturated heterocycles. The van der Waals surface area contributed by atoms with E-state index in [1.807, 2.05) is 18.2 Å². The van der Waals surface area contributed by atoms with E-state index in [0.29, 0.717) is 22.4 Å². The van der Waals surface area contributed by atoms with Crippen molar-refractivity contribution in [1.29, 1.82) is 0 Å². The zero-order valence-electron chi connectivity index (χ0n) is 11.2. The molecule has 0 amide bonds. The summed E-state index contributed by atoms with van der Waals surface area (Å²) in [5.74, 6) is 0. The Balaban J connectivity index is 1.91. The molecule has 0 spiro atoms. The van der Waals surface area contributed by atoms with Crippen molar-refractivity contribution < 1.29 is 13.2 Å². The molecule has 0 aliphatic heterocycles. The average Bonchev–Trinajstić information content (AvgIpc) is 2.46. The quantitative estimate of drug-likeness (QED) is 0.779. The second-order valence-corrected chi connectivity index (χ2v) is 5.29. The zero-order valence-corrected chi connectivity index (χ0v) is 12.8. The minimum absolute atomic E-state index is 0.305. The van der Waals surface area contributed by atoms with Gasteiger partial charge in [-0.3, -0.25) is 0 Å². The summed E-state index contributed by atoms with van der Waals surface area (Å²) in [7, 11) is 0. The van der Waals surface area contributed by atoms with Crippen LogP contribution >= 0.6 is 23.8 Å².